The molecule has 74 valence electrons. The van der Waals surface area contributed by atoms with Gasteiger partial charge in [0, 0.05) is 5.56 Å². The van der Waals surface area contributed by atoms with Crippen molar-refractivity contribution < 1.29 is 13.2 Å². The molecule has 2 rings (SSSR count). The van der Waals surface area contributed by atoms with E-state index in [1.807, 2.05) is 19.1 Å². The molecule has 3 nitrogen and oxygen atoms in total. The SMILES string of the molecule is Cc1cc(CS(=O)O)c2coccc1-2. The fourth-order valence-electron chi connectivity index (χ4n) is 1.63. The third kappa shape index (κ3) is 1.58. The summed E-state index contributed by atoms with van der Waals surface area (Å²) in [5, 5.41) is 0. The molecule has 0 aromatic rings. The average Bonchev–Trinajstić information content (AvgIpc) is 2.44. The highest BCUT2D eigenvalue weighted by Crippen LogP contribution is 2.32. The molecule has 0 saturated carbocycles. The van der Waals surface area contributed by atoms with E-state index in [-0.39, 0.29) is 5.75 Å². The summed E-state index contributed by atoms with van der Waals surface area (Å²) in [6, 6.07) is 3.79. The van der Waals surface area contributed by atoms with E-state index >= 15 is 0 Å². The molecule has 1 N–H and O–H groups in total. The highest BCUT2D eigenvalue weighted by molar-refractivity contribution is 7.78. The predicted octanol–water partition coefficient (Wildman–Crippen LogP) is 2.41. The Labute approximate surface area is 84.4 Å². The normalized spacial score (nSPS) is 13.3. The standard InChI is InChI=1S/C10H10O3S/c1-7-4-8(6-14(11)12)10-5-13-3-2-9(7)10/h2-5H,6H2,1H3,(H,11,12). The van der Waals surface area contributed by atoms with Crippen molar-refractivity contribution in [3.05, 3.63) is 35.8 Å². The van der Waals surface area contributed by atoms with Crippen LogP contribution in [0.2, 0.25) is 0 Å². The first kappa shape index (κ1) is 9.43. The molecule has 14 heavy (non-hydrogen) atoms. The summed E-state index contributed by atoms with van der Waals surface area (Å²) in [5.41, 5.74) is 3.98. The van der Waals surface area contributed by atoms with Crippen molar-refractivity contribution in [2.45, 2.75) is 12.7 Å². The van der Waals surface area contributed by atoms with E-state index in [1.165, 1.54) is 0 Å². The second-order valence-corrected chi connectivity index (χ2v) is 4.13. The molecule has 0 saturated heterocycles. The fourth-order valence-corrected chi connectivity index (χ4v) is 2.13. The Kier molecular flexibility index (Phi) is 2.39. The summed E-state index contributed by atoms with van der Waals surface area (Å²) in [7, 11) is 0. The molecule has 2 aliphatic rings. The lowest BCUT2D eigenvalue weighted by atomic mass is 10.1. The van der Waals surface area contributed by atoms with Crippen LogP contribution in [0.4, 0.5) is 0 Å². The zero-order valence-electron chi connectivity index (χ0n) is 7.69. The summed E-state index contributed by atoms with van der Waals surface area (Å²) in [4.78, 5) is 0. The van der Waals surface area contributed by atoms with Gasteiger partial charge in [-0.25, -0.2) is 4.21 Å². The van der Waals surface area contributed by atoms with Crippen LogP contribution in [-0.2, 0) is 16.8 Å². The average molecular weight is 210 g/mol. The number of rotatable bonds is 2. The number of hydrogen-bond donors (Lipinski definition) is 1. The van der Waals surface area contributed by atoms with E-state index in [0.717, 1.165) is 22.3 Å². The Morgan fingerprint density at radius 2 is 2.29 bits per heavy atom. The van der Waals surface area contributed by atoms with Gasteiger partial charge < -0.3 is 8.97 Å². The fraction of sp³-hybridized carbons (Fsp3) is 0.200. The first-order valence-corrected chi connectivity index (χ1v) is 5.48. The smallest absolute Gasteiger partial charge is 0.157 e. The second kappa shape index (κ2) is 3.55. The Morgan fingerprint density at radius 3 is 3.00 bits per heavy atom. The van der Waals surface area contributed by atoms with Crippen LogP contribution in [0, 0.1) is 6.92 Å². The largest absolute Gasteiger partial charge is 0.472 e. The Morgan fingerprint density at radius 1 is 1.50 bits per heavy atom. The predicted molar refractivity (Wildman–Crippen MR) is 54.5 cm³/mol. The minimum Gasteiger partial charge on any atom is -0.472 e. The van der Waals surface area contributed by atoms with Gasteiger partial charge in [0.1, 0.15) is 0 Å². The molecule has 0 spiro atoms. The molecular formula is C10H10O3S. The molecule has 0 bridgehead atoms. The summed E-state index contributed by atoms with van der Waals surface area (Å²) in [6.07, 6.45) is 3.22. The van der Waals surface area contributed by atoms with Gasteiger partial charge in [-0.2, -0.15) is 0 Å². The van der Waals surface area contributed by atoms with Crippen LogP contribution in [0.5, 0.6) is 0 Å². The van der Waals surface area contributed by atoms with E-state index in [1.54, 1.807) is 12.5 Å². The van der Waals surface area contributed by atoms with Crippen molar-refractivity contribution in [2.75, 3.05) is 0 Å². The molecule has 0 aromatic heterocycles. The van der Waals surface area contributed by atoms with Gasteiger partial charge in [-0.05, 0) is 29.7 Å². The lowest BCUT2D eigenvalue weighted by molar-refractivity contribution is 0.551. The third-order valence-electron chi connectivity index (χ3n) is 2.23. The van der Waals surface area contributed by atoms with Crippen molar-refractivity contribution >= 4 is 11.1 Å². The molecule has 0 amide bonds. The van der Waals surface area contributed by atoms with Gasteiger partial charge in [-0.1, -0.05) is 6.07 Å². The van der Waals surface area contributed by atoms with Crippen molar-refractivity contribution in [1.82, 2.24) is 0 Å². The van der Waals surface area contributed by atoms with Gasteiger partial charge in [-0.3, -0.25) is 0 Å². The molecule has 0 aromatic carbocycles. The number of aryl methyl sites for hydroxylation is 1. The maximum atomic E-state index is 10.7. The monoisotopic (exact) mass is 210 g/mol. The van der Waals surface area contributed by atoms with Gasteiger partial charge in [0.25, 0.3) is 0 Å². The molecular weight excluding hydrogens is 200 g/mol. The maximum absolute atomic E-state index is 10.7. The van der Waals surface area contributed by atoms with Gasteiger partial charge in [0.2, 0.25) is 0 Å². The molecule has 1 heterocycles. The highest BCUT2D eigenvalue weighted by atomic mass is 32.2. The van der Waals surface area contributed by atoms with E-state index < -0.39 is 11.1 Å². The summed E-state index contributed by atoms with van der Waals surface area (Å²) in [6.45, 7) is 1.98. The minimum atomic E-state index is -1.80. The molecule has 0 radical (unpaired) electrons. The van der Waals surface area contributed by atoms with E-state index in [2.05, 4.69) is 0 Å². The van der Waals surface area contributed by atoms with Crippen molar-refractivity contribution in [3.8, 4) is 11.1 Å². The van der Waals surface area contributed by atoms with Gasteiger partial charge in [-0.15, -0.1) is 0 Å². The van der Waals surface area contributed by atoms with E-state index in [9.17, 15) is 4.21 Å². The van der Waals surface area contributed by atoms with Crippen LogP contribution < -0.4 is 0 Å². The van der Waals surface area contributed by atoms with Crippen LogP contribution in [-0.4, -0.2) is 8.76 Å². The molecule has 0 fully saturated rings. The molecule has 1 unspecified atom stereocenters. The number of fused-ring (bicyclic) bond motifs is 1. The van der Waals surface area contributed by atoms with Gasteiger partial charge in [0.05, 0.1) is 18.3 Å². The van der Waals surface area contributed by atoms with Gasteiger partial charge >= 0.3 is 0 Å². The topological polar surface area (TPSA) is 50.4 Å². The first-order chi connectivity index (χ1) is 6.68. The lowest BCUT2D eigenvalue weighted by Crippen LogP contribution is -1.92. The van der Waals surface area contributed by atoms with Crippen LogP contribution in [0.3, 0.4) is 0 Å². The van der Waals surface area contributed by atoms with Gasteiger partial charge in [0.15, 0.2) is 11.1 Å². The summed E-state index contributed by atoms with van der Waals surface area (Å²) in [5.74, 6) is 0.157. The van der Waals surface area contributed by atoms with Crippen LogP contribution in [0.25, 0.3) is 11.1 Å². The van der Waals surface area contributed by atoms with E-state index in [4.69, 9.17) is 8.97 Å². The Bertz CT molecular complexity index is 447. The summed E-state index contributed by atoms with van der Waals surface area (Å²) < 4.78 is 24.6. The molecule has 1 aliphatic carbocycles. The lowest BCUT2D eigenvalue weighted by Gasteiger charge is -2.00. The quantitative estimate of drug-likeness (QED) is 0.774. The highest BCUT2D eigenvalue weighted by Gasteiger charge is 2.14. The second-order valence-electron chi connectivity index (χ2n) is 3.20. The zero-order chi connectivity index (χ0) is 10.1. The van der Waals surface area contributed by atoms with Crippen molar-refractivity contribution in [2.24, 2.45) is 0 Å². The van der Waals surface area contributed by atoms with Crippen LogP contribution in [0.1, 0.15) is 11.1 Å². The van der Waals surface area contributed by atoms with Crippen LogP contribution in [0.15, 0.2) is 29.1 Å². The number of hydrogen-bond acceptors (Lipinski definition) is 2. The molecule has 1 atom stereocenters. The first-order valence-electron chi connectivity index (χ1n) is 4.20. The Hall–Kier alpha value is -1.13. The Balaban J connectivity index is 2.52. The van der Waals surface area contributed by atoms with Crippen molar-refractivity contribution in [1.29, 1.82) is 0 Å². The zero-order valence-corrected chi connectivity index (χ0v) is 8.50. The van der Waals surface area contributed by atoms with Crippen molar-refractivity contribution in [3.63, 3.8) is 0 Å². The van der Waals surface area contributed by atoms with E-state index in [0.29, 0.717) is 0 Å². The third-order valence-corrected chi connectivity index (χ3v) is 2.79. The molecule has 4 heteroatoms. The maximum Gasteiger partial charge on any atom is 0.157 e. The van der Waals surface area contributed by atoms with Crippen LogP contribution >= 0.6 is 0 Å². The molecule has 1 aliphatic heterocycles. The summed E-state index contributed by atoms with van der Waals surface area (Å²) >= 11 is -1.80. The minimum absolute atomic E-state index is 0.157.